The molecule has 1 aliphatic rings. The maximum atomic E-state index is 12.6. The smallest absolute Gasteiger partial charge is 0.227 e. The number of halogens is 1. The molecule has 1 N–H and O–H groups in total. The molecule has 1 saturated heterocycles. The second kappa shape index (κ2) is 10.5. The number of carbonyl (C=O) groups excluding carboxylic acids is 1. The zero-order chi connectivity index (χ0) is 21.5. The lowest BCUT2D eigenvalue weighted by Crippen LogP contribution is -2.54. The number of aliphatic imine (C=N–C) groups is 1. The average molecular weight is 432 g/mol. The maximum Gasteiger partial charge on any atom is 0.227 e. The van der Waals surface area contributed by atoms with E-state index in [4.69, 9.17) is 21.1 Å². The summed E-state index contributed by atoms with van der Waals surface area (Å²) >= 11 is 6.03. The predicted octanol–water partition coefficient (Wildman–Crippen LogP) is 3.30. The zero-order valence-corrected chi connectivity index (χ0v) is 18.7. The van der Waals surface area contributed by atoms with E-state index >= 15 is 0 Å². The molecule has 30 heavy (non-hydrogen) atoms. The molecule has 1 aromatic carbocycles. The number of aromatic nitrogens is 1. The van der Waals surface area contributed by atoms with Gasteiger partial charge in [0.1, 0.15) is 6.54 Å². The molecule has 0 aliphatic carbocycles. The van der Waals surface area contributed by atoms with Crippen LogP contribution in [0.25, 0.3) is 0 Å². The van der Waals surface area contributed by atoms with Gasteiger partial charge in [-0.25, -0.2) is 4.99 Å². The van der Waals surface area contributed by atoms with E-state index in [1.807, 2.05) is 42.2 Å². The van der Waals surface area contributed by atoms with Crippen LogP contribution in [0.1, 0.15) is 43.7 Å². The van der Waals surface area contributed by atoms with Gasteiger partial charge >= 0.3 is 0 Å². The highest BCUT2D eigenvalue weighted by atomic mass is 35.5. The van der Waals surface area contributed by atoms with Crippen LogP contribution in [0.15, 0.2) is 39.8 Å². The number of benzene rings is 1. The van der Waals surface area contributed by atoms with Gasteiger partial charge in [0.25, 0.3) is 0 Å². The highest BCUT2D eigenvalue weighted by molar-refractivity contribution is 6.30. The van der Waals surface area contributed by atoms with Crippen LogP contribution in [-0.4, -0.2) is 59.5 Å². The molecule has 162 valence electrons. The Balaban J connectivity index is 1.55. The van der Waals surface area contributed by atoms with Crippen molar-refractivity contribution in [3.63, 3.8) is 0 Å². The quantitative estimate of drug-likeness (QED) is 0.561. The van der Waals surface area contributed by atoms with Crippen molar-refractivity contribution in [2.45, 2.75) is 39.7 Å². The number of carbonyl (C=O) groups is 1. The molecule has 0 radical (unpaired) electrons. The third kappa shape index (κ3) is 5.98. The molecule has 0 bridgehead atoms. The van der Waals surface area contributed by atoms with E-state index in [0.29, 0.717) is 37.0 Å². The molecule has 3 rings (SSSR count). The van der Waals surface area contributed by atoms with Crippen molar-refractivity contribution < 1.29 is 9.32 Å². The number of hydrogen-bond acceptors (Lipinski definition) is 4. The highest BCUT2D eigenvalue weighted by Gasteiger charge is 2.23. The number of hydrogen-bond donors (Lipinski definition) is 1. The van der Waals surface area contributed by atoms with Gasteiger partial charge in [-0.05, 0) is 30.5 Å². The Bertz CT molecular complexity index is 872. The number of guanidine groups is 1. The first-order chi connectivity index (χ1) is 14.5. The Kier molecular flexibility index (Phi) is 7.74. The van der Waals surface area contributed by atoms with Crippen LogP contribution in [0.4, 0.5) is 0 Å². The lowest BCUT2D eigenvalue weighted by molar-refractivity contribution is -0.131. The van der Waals surface area contributed by atoms with Gasteiger partial charge in [0, 0.05) is 43.8 Å². The van der Waals surface area contributed by atoms with Crippen LogP contribution < -0.4 is 5.32 Å². The summed E-state index contributed by atoms with van der Waals surface area (Å²) in [5, 5.41) is 8.08. The minimum Gasteiger partial charge on any atom is -0.359 e. The third-order valence-corrected chi connectivity index (χ3v) is 5.30. The van der Waals surface area contributed by atoms with E-state index in [1.165, 1.54) is 0 Å². The van der Waals surface area contributed by atoms with Crippen LogP contribution in [0, 0.1) is 0 Å². The maximum absolute atomic E-state index is 12.6. The Morgan fingerprint density at radius 3 is 2.60 bits per heavy atom. The van der Waals surface area contributed by atoms with Crippen molar-refractivity contribution in [3.8, 4) is 0 Å². The summed E-state index contributed by atoms with van der Waals surface area (Å²) in [7, 11) is 0. The Morgan fingerprint density at radius 2 is 1.97 bits per heavy atom. The molecule has 2 heterocycles. The molecule has 0 atom stereocenters. The summed E-state index contributed by atoms with van der Waals surface area (Å²) in [5.41, 5.74) is 1.88. The second-order valence-electron chi connectivity index (χ2n) is 7.72. The molecule has 1 aromatic heterocycles. The van der Waals surface area contributed by atoms with Crippen molar-refractivity contribution >= 4 is 23.5 Å². The molecule has 7 nitrogen and oxygen atoms in total. The molecular formula is C22H30ClN5O2. The van der Waals surface area contributed by atoms with E-state index in [2.05, 4.69) is 29.2 Å². The van der Waals surface area contributed by atoms with Gasteiger partial charge < -0.3 is 19.6 Å². The van der Waals surface area contributed by atoms with E-state index in [1.54, 1.807) is 0 Å². The van der Waals surface area contributed by atoms with Gasteiger partial charge in [-0.2, -0.15) is 0 Å². The van der Waals surface area contributed by atoms with Crippen LogP contribution in [0.5, 0.6) is 0 Å². The van der Waals surface area contributed by atoms with E-state index in [9.17, 15) is 4.79 Å². The topological polar surface area (TPSA) is 74.0 Å². The fraction of sp³-hybridized carbons (Fsp3) is 0.500. The van der Waals surface area contributed by atoms with Crippen molar-refractivity contribution in [1.29, 1.82) is 0 Å². The molecule has 0 spiro atoms. The molecule has 2 aromatic rings. The lowest BCUT2D eigenvalue weighted by Gasteiger charge is -2.36. The first kappa shape index (κ1) is 22.2. The SMILES string of the molecule is CCNC(=NCc1cc(C(C)C)no1)N1CCN(C(=O)Cc2cccc(Cl)c2)CC1. The molecule has 1 amide bonds. The summed E-state index contributed by atoms with van der Waals surface area (Å²) in [6.45, 7) is 10.3. The Morgan fingerprint density at radius 1 is 1.23 bits per heavy atom. The first-order valence-corrected chi connectivity index (χ1v) is 10.8. The van der Waals surface area contributed by atoms with Crippen molar-refractivity contribution in [1.82, 2.24) is 20.3 Å². The molecule has 0 saturated carbocycles. The molecule has 1 fully saturated rings. The number of nitrogens with one attached hydrogen (secondary N) is 1. The second-order valence-corrected chi connectivity index (χ2v) is 8.15. The Hall–Kier alpha value is -2.54. The number of amides is 1. The number of piperazine rings is 1. The van der Waals surface area contributed by atoms with Gasteiger partial charge in [0.2, 0.25) is 5.91 Å². The summed E-state index contributed by atoms with van der Waals surface area (Å²) in [6, 6.07) is 9.44. The number of rotatable bonds is 6. The third-order valence-electron chi connectivity index (χ3n) is 5.06. The molecular weight excluding hydrogens is 402 g/mol. The fourth-order valence-electron chi connectivity index (χ4n) is 3.36. The van der Waals surface area contributed by atoms with Crippen LogP contribution in [0.3, 0.4) is 0 Å². The summed E-state index contributed by atoms with van der Waals surface area (Å²) in [6.07, 6.45) is 0.373. The summed E-state index contributed by atoms with van der Waals surface area (Å²) in [5.74, 6) is 2.05. The highest BCUT2D eigenvalue weighted by Crippen LogP contribution is 2.15. The Labute approximate surface area is 183 Å². The van der Waals surface area contributed by atoms with Gasteiger partial charge in [-0.1, -0.05) is 42.7 Å². The van der Waals surface area contributed by atoms with E-state index < -0.39 is 0 Å². The van der Waals surface area contributed by atoms with Gasteiger partial charge in [-0.3, -0.25) is 4.79 Å². The summed E-state index contributed by atoms with van der Waals surface area (Å²) < 4.78 is 5.39. The first-order valence-electron chi connectivity index (χ1n) is 10.5. The lowest BCUT2D eigenvalue weighted by atomic mass is 10.1. The summed E-state index contributed by atoms with van der Waals surface area (Å²) in [4.78, 5) is 21.5. The molecule has 1 aliphatic heterocycles. The predicted molar refractivity (Wildman–Crippen MR) is 119 cm³/mol. The van der Waals surface area contributed by atoms with Gasteiger partial charge in [0.15, 0.2) is 11.7 Å². The van der Waals surface area contributed by atoms with Gasteiger partial charge in [-0.15, -0.1) is 0 Å². The standard InChI is InChI=1S/C22H30ClN5O2/c1-4-24-22(25-15-19-14-20(16(2)3)26-30-19)28-10-8-27(9-11-28)21(29)13-17-6-5-7-18(23)12-17/h5-7,12,14,16H,4,8-11,13,15H2,1-3H3,(H,24,25). The van der Waals surface area contributed by atoms with Crippen LogP contribution >= 0.6 is 11.6 Å². The average Bonchev–Trinajstić information content (AvgIpc) is 3.21. The van der Waals surface area contributed by atoms with Gasteiger partial charge in [0.05, 0.1) is 12.1 Å². The van der Waals surface area contributed by atoms with E-state index in [0.717, 1.165) is 42.6 Å². The monoisotopic (exact) mass is 431 g/mol. The zero-order valence-electron chi connectivity index (χ0n) is 17.9. The van der Waals surface area contributed by atoms with Crippen LogP contribution in [-0.2, 0) is 17.8 Å². The minimum absolute atomic E-state index is 0.127. The van der Waals surface area contributed by atoms with Crippen molar-refractivity contribution in [2.75, 3.05) is 32.7 Å². The van der Waals surface area contributed by atoms with E-state index in [-0.39, 0.29) is 5.91 Å². The fourth-order valence-corrected chi connectivity index (χ4v) is 3.57. The van der Waals surface area contributed by atoms with Crippen molar-refractivity contribution in [2.24, 2.45) is 4.99 Å². The minimum atomic E-state index is 0.127. The normalized spacial score (nSPS) is 15.0. The molecule has 0 unspecified atom stereocenters. The van der Waals surface area contributed by atoms with Crippen LogP contribution in [0.2, 0.25) is 5.02 Å². The largest absolute Gasteiger partial charge is 0.359 e. The number of nitrogens with zero attached hydrogens (tertiary/aromatic N) is 4. The molecule has 8 heteroatoms. The van der Waals surface area contributed by atoms with Crippen molar-refractivity contribution in [3.05, 3.63) is 52.4 Å².